The molecular formula is C18H20FN5O3S. The second kappa shape index (κ2) is 7.64. The Kier molecular flexibility index (Phi) is 5.43. The number of nitrogens with zero attached hydrogens (tertiary/aromatic N) is 4. The minimum absolute atomic E-state index is 0.0331. The maximum atomic E-state index is 13.3. The molecule has 10 heteroatoms. The normalized spacial score (nSPS) is 11.7. The average molecular weight is 405 g/mol. The minimum atomic E-state index is -3.83. The van der Waals surface area contributed by atoms with Gasteiger partial charge in [0.05, 0.1) is 17.1 Å². The number of hydrogen-bond donors (Lipinski definition) is 1. The molecule has 0 aliphatic carbocycles. The molecule has 0 atom stereocenters. The third-order valence-corrected chi connectivity index (χ3v) is 5.59. The molecular weight excluding hydrogens is 385 g/mol. The van der Waals surface area contributed by atoms with E-state index in [0.717, 1.165) is 17.5 Å². The molecule has 8 nitrogen and oxygen atoms in total. The fourth-order valence-corrected chi connectivity index (χ4v) is 3.83. The van der Waals surface area contributed by atoms with Gasteiger partial charge in [0, 0.05) is 18.3 Å². The molecule has 0 saturated heterocycles. The van der Waals surface area contributed by atoms with Crippen LogP contribution in [0.2, 0.25) is 0 Å². The van der Waals surface area contributed by atoms with Crippen molar-refractivity contribution in [3.05, 3.63) is 69.5 Å². The highest BCUT2D eigenvalue weighted by Gasteiger charge is 2.15. The highest BCUT2D eigenvalue weighted by atomic mass is 32.2. The molecule has 0 radical (unpaired) electrons. The van der Waals surface area contributed by atoms with Gasteiger partial charge in [0.25, 0.3) is 5.56 Å². The molecule has 1 aromatic carbocycles. The quantitative estimate of drug-likeness (QED) is 0.670. The predicted molar refractivity (Wildman–Crippen MR) is 101 cm³/mol. The van der Waals surface area contributed by atoms with E-state index in [9.17, 15) is 17.6 Å². The molecule has 148 valence electrons. The summed E-state index contributed by atoms with van der Waals surface area (Å²) < 4.78 is 43.2. The van der Waals surface area contributed by atoms with Crippen LogP contribution in [0.25, 0.3) is 5.82 Å². The van der Waals surface area contributed by atoms with Gasteiger partial charge < -0.3 is 0 Å². The largest absolute Gasteiger partial charge is 0.268 e. The smallest absolute Gasteiger partial charge is 0.266 e. The van der Waals surface area contributed by atoms with E-state index >= 15 is 0 Å². The molecule has 0 unspecified atom stereocenters. The van der Waals surface area contributed by atoms with E-state index in [4.69, 9.17) is 0 Å². The molecule has 3 rings (SSSR count). The van der Waals surface area contributed by atoms with E-state index in [-0.39, 0.29) is 29.1 Å². The topological polar surface area (TPSA) is 98.9 Å². The van der Waals surface area contributed by atoms with Crippen LogP contribution in [0.3, 0.4) is 0 Å². The first-order valence-electron chi connectivity index (χ1n) is 8.55. The van der Waals surface area contributed by atoms with Gasteiger partial charge in [0.1, 0.15) is 5.82 Å². The first-order valence-corrected chi connectivity index (χ1v) is 10.0. The Morgan fingerprint density at radius 3 is 2.46 bits per heavy atom. The highest BCUT2D eigenvalue weighted by molar-refractivity contribution is 7.89. The van der Waals surface area contributed by atoms with Crippen LogP contribution in [-0.2, 0) is 16.6 Å². The summed E-state index contributed by atoms with van der Waals surface area (Å²) in [6, 6.07) is 8.36. The molecule has 0 amide bonds. The van der Waals surface area contributed by atoms with Crippen LogP contribution in [0.4, 0.5) is 4.39 Å². The molecule has 0 aliphatic rings. The molecule has 0 aliphatic heterocycles. The van der Waals surface area contributed by atoms with Gasteiger partial charge in [-0.2, -0.15) is 5.10 Å². The first kappa shape index (κ1) is 19.9. The van der Waals surface area contributed by atoms with Gasteiger partial charge in [-0.1, -0.05) is 0 Å². The summed E-state index contributed by atoms with van der Waals surface area (Å²) in [7, 11) is -3.83. The van der Waals surface area contributed by atoms with Crippen molar-refractivity contribution in [2.75, 3.05) is 6.54 Å². The van der Waals surface area contributed by atoms with Crippen molar-refractivity contribution in [2.45, 2.75) is 32.2 Å². The maximum Gasteiger partial charge on any atom is 0.266 e. The maximum absolute atomic E-state index is 13.3. The van der Waals surface area contributed by atoms with Gasteiger partial charge in [-0.15, -0.1) is 5.10 Å². The van der Waals surface area contributed by atoms with Crippen LogP contribution >= 0.6 is 0 Å². The SMILES string of the molecule is Cc1cc(C)n(-c2ccc(=O)n(CCNS(=O)(=O)c3ccc(F)c(C)c3)n2)n1. The summed E-state index contributed by atoms with van der Waals surface area (Å²) in [5.41, 5.74) is 1.56. The molecule has 28 heavy (non-hydrogen) atoms. The molecule has 0 saturated carbocycles. The number of halogens is 1. The van der Waals surface area contributed by atoms with Crippen molar-refractivity contribution in [3.63, 3.8) is 0 Å². The predicted octanol–water partition coefficient (Wildman–Crippen LogP) is 1.47. The van der Waals surface area contributed by atoms with E-state index in [0.29, 0.717) is 5.82 Å². The van der Waals surface area contributed by atoms with Gasteiger partial charge >= 0.3 is 0 Å². The number of rotatable bonds is 6. The van der Waals surface area contributed by atoms with Crippen LogP contribution in [0.5, 0.6) is 0 Å². The monoisotopic (exact) mass is 405 g/mol. The van der Waals surface area contributed by atoms with Gasteiger partial charge in [-0.3, -0.25) is 4.79 Å². The summed E-state index contributed by atoms with van der Waals surface area (Å²) in [5, 5.41) is 8.58. The lowest BCUT2D eigenvalue weighted by atomic mass is 10.2. The second-order valence-electron chi connectivity index (χ2n) is 6.40. The van der Waals surface area contributed by atoms with Crippen molar-refractivity contribution in [1.82, 2.24) is 24.3 Å². The van der Waals surface area contributed by atoms with Gasteiger partial charge in [0.15, 0.2) is 5.82 Å². The Morgan fingerprint density at radius 2 is 1.82 bits per heavy atom. The van der Waals surface area contributed by atoms with E-state index in [1.54, 1.807) is 10.7 Å². The fraction of sp³-hybridized carbons (Fsp3) is 0.278. The van der Waals surface area contributed by atoms with Crippen LogP contribution in [0.15, 0.2) is 46.1 Å². The van der Waals surface area contributed by atoms with Crippen molar-refractivity contribution >= 4 is 10.0 Å². The number of benzene rings is 1. The number of hydrogen-bond acceptors (Lipinski definition) is 5. The number of aryl methyl sites for hydroxylation is 3. The summed E-state index contributed by atoms with van der Waals surface area (Å²) in [5.74, 6) is -0.0158. The zero-order valence-corrected chi connectivity index (χ0v) is 16.5. The third-order valence-electron chi connectivity index (χ3n) is 4.13. The van der Waals surface area contributed by atoms with Crippen LogP contribution < -0.4 is 10.3 Å². The number of aromatic nitrogens is 4. The van der Waals surface area contributed by atoms with Crippen molar-refractivity contribution in [1.29, 1.82) is 0 Å². The lowest BCUT2D eigenvalue weighted by Crippen LogP contribution is -2.32. The lowest BCUT2D eigenvalue weighted by molar-refractivity contribution is 0.541. The van der Waals surface area contributed by atoms with E-state index in [1.807, 2.05) is 19.9 Å². The molecule has 1 N–H and O–H groups in total. The van der Waals surface area contributed by atoms with E-state index in [1.165, 1.54) is 29.8 Å². The van der Waals surface area contributed by atoms with E-state index in [2.05, 4.69) is 14.9 Å². The summed E-state index contributed by atoms with van der Waals surface area (Å²) in [4.78, 5) is 12.0. The zero-order chi connectivity index (χ0) is 20.5. The Labute approximate surface area is 161 Å². The lowest BCUT2D eigenvalue weighted by Gasteiger charge is -2.10. The van der Waals surface area contributed by atoms with Crippen molar-refractivity contribution in [2.24, 2.45) is 0 Å². The van der Waals surface area contributed by atoms with Crippen LogP contribution in [-0.4, -0.2) is 34.5 Å². The van der Waals surface area contributed by atoms with Crippen molar-refractivity contribution in [3.8, 4) is 5.82 Å². The Morgan fingerprint density at radius 1 is 1.07 bits per heavy atom. The molecule has 3 aromatic rings. The van der Waals surface area contributed by atoms with Crippen LogP contribution in [0, 0.1) is 26.6 Å². The molecule has 0 spiro atoms. The summed E-state index contributed by atoms with van der Waals surface area (Å²) >= 11 is 0. The van der Waals surface area contributed by atoms with Gasteiger partial charge in [0.2, 0.25) is 10.0 Å². The minimum Gasteiger partial charge on any atom is -0.268 e. The number of nitrogens with one attached hydrogen (secondary N) is 1. The standard InChI is InChI=1S/C18H20FN5O3S/c1-12-10-15(4-5-16(12)19)28(26,27)20-8-9-23-18(25)7-6-17(22-23)24-14(3)11-13(2)21-24/h4-7,10-11,20H,8-9H2,1-3H3. The molecule has 2 aromatic heterocycles. The Balaban J connectivity index is 1.75. The Hall–Kier alpha value is -2.85. The summed E-state index contributed by atoms with van der Waals surface area (Å²) in [6.45, 7) is 5.20. The highest BCUT2D eigenvalue weighted by Crippen LogP contribution is 2.14. The van der Waals surface area contributed by atoms with Crippen LogP contribution in [0.1, 0.15) is 17.0 Å². The molecule has 0 fully saturated rings. The third kappa shape index (κ3) is 4.18. The molecule has 2 heterocycles. The second-order valence-corrected chi connectivity index (χ2v) is 8.17. The van der Waals surface area contributed by atoms with Crippen molar-refractivity contribution < 1.29 is 12.8 Å². The van der Waals surface area contributed by atoms with Gasteiger partial charge in [-0.05, 0) is 56.7 Å². The fourth-order valence-electron chi connectivity index (χ4n) is 2.73. The van der Waals surface area contributed by atoms with Gasteiger partial charge in [-0.25, -0.2) is 26.9 Å². The summed E-state index contributed by atoms with van der Waals surface area (Å²) in [6.07, 6.45) is 0. The molecule has 0 bridgehead atoms. The number of sulfonamides is 1. The average Bonchev–Trinajstić information content (AvgIpc) is 2.97. The van der Waals surface area contributed by atoms with E-state index < -0.39 is 15.8 Å². The Bertz CT molecular complexity index is 1180. The first-order chi connectivity index (χ1) is 13.2. The zero-order valence-electron chi connectivity index (χ0n) is 15.7.